The van der Waals surface area contributed by atoms with Gasteiger partial charge < -0.3 is 5.32 Å². The molecule has 1 nitrogen and oxygen atoms in total. The Kier molecular flexibility index (Phi) is 7.29. The zero-order valence-electron chi connectivity index (χ0n) is 14.0. The minimum atomic E-state index is 0.660. The highest BCUT2D eigenvalue weighted by atomic mass is 14.9. The van der Waals surface area contributed by atoms with Gasteiger partial charge in [-0.05, 0) is 56.2 Å². The second kappa shape index (κ2) is 9.25. The molecular weight excluding hydrogens is 254 g/mol. The predicted octanol–water partition coefficient (Wildman–Crippen LogP) is 5.27. The second-order valence-electron chi connectivity index (χ2n) is 6.86. The van der Waals surface area contributed by atoms with Gasteiger partial charge in [0.1, 0.15) is 0 Å². The van der Waals surface area contributed by atoms with Crippen LogP contribution in [0.5, 0.6) is 0 Å². The van der Waals surface area contributed by atoms with E-state index in [1.807, 2.05) is 0 Å². The number of aryl methyl sites for hydroxylation is 1. The largest absolute Gasteiger partial charge is 0.314 e. The van der Waals surface area contributed by atoms with E-state index in [0.29, 0.717) is 6.04 Å². The maximum absolute atomic E-state index is 3.78. The Hall–Kier alpha value is -0.820. The standard InChI is InChI=1S/C20H33N/c1-3-15-21-20(14-13-18-10-5-4-6-11-18)16-19-12-8-7-9-17(19)2/h7-9,12,18,20-21H,3-6,10-11,13-16H2,1-2H3. The summed E-state index contributed by atoms with van der Waals surface area (Å²) < 4.78 is 0. The first-order valence-corrected chi connectivity index (χ1v) is 9.07. The lowest BCUT2D eigenvalue weighted by Gasteiger charge is -2.25. The lowest BCUT2D eigenvalue weighted by Crippen LogP contribution is -2.32. The minimum Gasteiger partial charge on any atom is -0.314 e. The van der Waals surface area contributed by atoms with Crippen molar-refractivity contribution in [3.8, 4) is 0 Å². The molecule has 1 saturated carbocycles. The summed E-state index contributed by atoms with van der Waals surface area (Å²) >= 11 is 0. The van der Waals surface area contributed by atoms with Crippen molar-refractivity contribution in [1.29, 1.82) is 0 Å². The van der Waals surface area contributed by atoms with Crippen LogP contribution in [-0.2, 0) is 6.42 Å². The lowest BCUT2D eigenvalue weighted by molar-refractivity contribution is 0.312. The molecule has 1 unspecified atom stereocenters. The monoisotopic (exact) mass is 287 g/mol. The molecule has 0 saturated heterocycles. The summed E-state index contributed by atoms with van der Waals surface area (Å²) in [6, 6.07) is 9.53. The highest BCUT2D eigenvalue weighted by Gasteiger charge is 2.16. The fourth-order valence-corrected chi connectivity index (χ4v) is 3.64. The number of rotatable bonds is 8. The Labute approximate surface area is 131 Å². The van der Waals surface area contributed by atoms with Crippen LogP contribution in [-0.4, -0.2) is 12.6 Å². The molecular formula is C20H33N. The fourth-order valence-electron chi connectivity index (χ4n) is 3.64. The molecule has 1 aliphatic carbocycles. The van der Waals surface area contributed by atoms with Gasteiger partial charge in [-0.2, -0.15) is 0 Å². The average molecular weight is 287 g/mol. The minimum absolute atomic E-state index is 0.660. The SMILES string of the molecule is CCCNC(CCC1CCCCC1)Cc1ccccc1C. The van der Waals surface area contributed by atoms with Crippen molar-refractivity contribution in [1.82, 2.24) is 5.32 Å². The van der Waals surface area contributed by atoms with Gasteiger partial charge in [-0.15, -0.1) is 0 Å². The summed E-state index contributed by atoms with van der Waals surface area (Å²) in [5, 5.41) is 3.78. The van der Waals surface area contributed by atoms with Crippen LogP contribution in [0.3, 0.4) is 0 Å². The molecule has 1 N–H and O–H groups in total. The summed E-state index contributed by atoms with van der Waals surface area (Å²) in [4.78, 5) is 0. The van der Waals surface area contributed by atoms with E-state index in [4.69, 9.17) is 0 Å². The van der Waals surface area contributed by atoms with E-state index in [1.165, 1.54) is 68.9 Å². The van der Waals surface area contributed by atoms with Gasteiger partial charge in [0, 0.05) is 6.04 Å². The van der Waals surface area contributed by atoms with Gasteiger partial charge in [-0.25, -0.2) is 0 Å². The molecule has 1 atom stereocenters. The molecule has 0 aromatic heterocycles. The Morgan fingerprint density at radius 2 is 1.90 bits per heavy atom. The maximum Gasteiger partial charge on any atom is 0.0108 e. The average Bonchev–Trinajstić information content (AvgIpc) is 2.53. The van der Waals surface area contributed by atoms with E-state index in [9.17, 15) is 0 Å². The van der Waals surface area contributed by atoms with Crippen LogP contribution in [0, 0.1) is 12.8 Å². The van der Waals surface area contributed by atoms with Crippen LogP contribution >= 0.6 is 0 Å². The highest BCUT2D eigenvalue weighted by Crippen LogP contribution is 2.28. The number of hydrogen-bond acceptors (Lipinski definition) is 1. The third-order valence-electron chi connectivity index (χ3n) is 5.06. The summed E-state index contributed by atoms with van der Waals surface area (Å²) in [6.45, 7) is 5.66. The molecule has 2 rings (SSSR count). The third-order valence-corrected chi connectivity index (χ3v) is 5.06. The van der Waals surface area contributed by atoms with Crippen LogP contribution in [0.15, 0.2) is 24.3 Å². The van der Waals surface area contributed by atoms with Gasteiger partial charge in [0.2, 0.25) is 0 Å². The van der Waals surface area contributed by atoms with E-state index in [1.54, 1.807) is 0 Å². The van der Waals surface area contributed by atoms with Crippen molar-refractivity contribution in [3.05, 3.63) is 35.4 Å². The molecule has 1 heteroatoms. The van der Waals surface area contributed by atoms with Crippen molar-refractivity contribution in [2.24, 2.45) is 5.92 Å². The maximum atomic E-state index is 3.78. The van der Waals surface area contributed by atoms with Gasteiger partial charge in [-0.3, -0.25) is 0 Å². The highest BCUT2D eigenvalue weighted by molar-refractivity contribution is 5.26. The molecule has 1 aliphatic rings. The van der Waals surface area contributed by atoms with Crippen molar-refractivity contribution >= 4 is 0 Å². The molecule has 21 heavy (non-hydrogen) atoms. The van der Waals surface area contributed by atoms with E-state index >= 15 is 0 Å². The fraction of sp³-hybridized carbons (Fsp3) is 0.700. The topological polar surface area (TPSA) is 12.0 Å². The van der Waals surface area contributed by atoms with Crippen LogP contribution in [0.1, 0.15) is 69.4 Å². The molecule has 118 valence electrons. The Bertz CT molecular complexity index is 393. The Balaban J connectivity index is 1.86. The van der Waals surface area contributed by atoms with Gasteiger partial charge in [-0.1, -0.05) is 63.3 Å². The molecule has 0 bridgehead atoms. The Morgan fingerprint density at radius 1 is 1.14 bits per heavy atom. The third kappa shape index (κ3) is 5.82. The molecule has 0 aliphatic heterocycles. The van der Waals surface area contributed by atoms with Crippen molar-refractivity contribution in [2.75, 3.05) is 6.54 Å². The number of hydrogen-bond donors (Lipinski definition) is 1. The van der Waals surface area contributed by atoms with E-state index in [0.717, 1.165) is 12.5 Å². The second-order valence-corrected chi connectivity index (χ2v) is 6.86. The predicted molar refractivity (Wildman–Crippen MR) is 92.8 cm³/mol. The first-order chi connectivity index (χ1) is 10.3. The smallest absolute Gasteiger partial charge is 0.0108 e. The summed E-state index contributed by atoms with van der Waals surface area (Å²) in [5.41, 5.74) is 2.97. The summed E-state index contributed by atoms with van der Waals surface area (Å²) in [7, 11) is 0. The van der Waals surface area contributed by atoms with Crippen molar-refractivity contribution in [2.45, 2.75) is 77.7 Å². The van der Waals surface area contributed by atoms with E-state index in [-0.39, 0.29) is 0 Å². The van der Waals surface area contributed by atoms with Crippen LogP contribution in [0.2, 0.25) is 0 Å². The van der Waals surface area contributed by atoms with Gasteiger partial charge in [0.25, 0.3) is 0 Å². The van der Waals surface area contributed by atoms with Gasteiger partial charge >= 0.3 is 0 Å². The molecule has 1 fully saturated rings. The first kappa shape index (κ1) is 16.5. The van der Waals surface area contributed by atoms with E-state index in [2.05, 4.69) is 43.4 Å². The lowest BCUT2D eigenvalue weighted by atomic mass is 9.84. The molecule has 0 radical (unpaired) electrons. The molecule has 1 aromatic rings. The van der Waals surface area contributed by atoms with Crippen molar-refractivity contribution in [3.63, 3.8) is 0 Å². The van der Waals surface area contributed by atoms with Crippen LogP contribution in [0.4, 0.5) is 0 Å². The van der Waals surface area contributed by atoms with Crippen molar-refractivity contribution < 1.29 is 0 Å². The first-order valence-electron chi connectivity index (χ1n) is 9.07. The number of nitrogens with one attached hydrogen (secondary N) is 1. The quantitative estimate of drug-likeness (QED) is 0.687. The molecule has 1 aromatic carbocycles. The molecule has 0 amide bonds. The molecule has 0 spiro atoms. The zero-order valence-corrected chi connectivity index (χ0v) is 14.0. The van der Waals surface area contributed by atoms with E-state index < -0.39 is 0 Å². The number of benzene rings is 1. The zero-order chi connectivity index (χ0) is 14.9. The summed E-state index contributed by atoms with van der Waals surface area (Å²) in [5.74, 6) is 1.00. The van der Waals surface area contributed by atoms with Gasteiger partial charge in [0.15, 0.2) is 0 Å². The van der Waals surface area contributed by atoms with Crippen LogP contribution < -0.4 is 5.32 Å². The summed E-state index contributed by atoms with van der Waals surface area (Å²) in [6.07, 6.45) is 12.6. The molecule has 0 heterocycles. The Morgan fingerprint density at radius 3 is 2.62 bits per heavy atom. The van der Waals surface area contributed by atoms with Crippen LogP contribution in [0.25, 0.3) is 0 Å². The normalized spacial score (nSPS) is 17.8. The van der Waals surface area contributed by atoms with Gasteiger partial charge in [0.05, 0.1) is 0 Å².